The molecule has 2 unspecified atom stereocenters. The van der Waals surface area contributed by atoms with Crippen LogP contribution in [0.15, 0.2) is 70.6 Å². The van der Waals surface area contributed by atoms with Crippen LogP contribution in [0.4, 0.5) is 0 Å². The van der Waals surface area contributed by atoms with Gasteiger partial charge in [0, 0.05) is 5.56 Å². The molecule has 1 amide bonds. The average Bonchev–Trinajstić information content (AvgIpc) is 2.85. The van der Waals surface area contributed by atoms with Crippen molar-refractivity contribution in [2.24, 2.45) is 0 Å². The molecule has 168 valence electrons. The summed E-state index contributed by atoms with van der Waals surface area (Å²) in [6.07, 6.45) is 0.406. The van der Waals surface area contributed by atoms with E-state index in [4.69, 9.17) is 4.74 Å². The molecule has 3 rings (SSSR count). The van der Waals surface area contributed by atoms with E-state index in [9.17, 15) is 19.6 Å². The van der Waals surface area contributed by atoms with Gasteiger partial charge in [-0.2, -0.15) is 5.26 Å². The molecule has 0 spiro atoms. The van der Waals surface area contributed by atoms with Crippen LogP contribution in [0.3, 0.4) is 0 Å². The van der Waals surface area contributed by atoms with Gasteiger partial charge >= 0.3 is 5.97 Å². The molecular weight excluding hydrogens is 440 g/mol. The summed E-state index contributed by atoms with van der Waals surface area (Å²) in [7, 11) is 1.26. The first-order valence-corrected chi connectivity index (χ1v) is 11.1. The molecule has 2 aromatic carbocycles. The van der Waals surface area contributed by atoms with E-state index in [1.54, 1.807) is 48.5 Å². The van der Waals surface area contributed by atoms with Crippen LogP contribution in [0.1, 0.15) is 30.5 Å². The van der Waals surface area contributed by atoms with E-state index in [1.807, 2.05) is 25.1 Å². The maximum atomic E-state index is 13.0. The van der Waals surface area contributed by atoms with E-state index >= 15 is 0 Å². The molecule has 0 saturated heterocycles. The lowest BCUT2D eigenvalue weighted by Gasteiger charge is -2.20. The van der Waals surface area contributed by atoms with Crippen molar-refractivity contribution in [3.8, 4) is 17.3 Å². The molecule has 3 aromatic rings. The number of thioether (sulfide) groups is 1. The van der Waals surface area contributed by atoms with Crippen molar-refractivity contribution in [2.75, 3.05) is 7.11 Å². The predicted molar refractivity (Wildman–Crippen MR) is 124 cm³/mol. The third kappa shape index (κ3) is 5.67. The van der Waals surface area contributed by atoms with E-state index in [-0.39, 0.29) is 16.4 Å². The molecule has 2 atom stereocenters. The van der Waals surface area contributed by atoms with Gasteiger partial charge in [0.25, 0.3) is 5.56 Å². The average molecular weight is 463 g/mol. The minimum Gasteiger partial charge on any atom is -0.467 e. The number of hydrogen-bond acceptors (Lipinski definition) is 7. The van der Waals surface area contributed by atoms with Crippen molar-refractivity contribution in [3.63, 3.8) is 0 Å². The van der Waals surface area contributed by atoms with Gasteiger partial charge in [-0.15, -0.1) is 0 Å². The third-order valence-electron chi connectivity index (χ3n) is 4.83. The number of nitrogens with one attached hydrogen (secondary N) is 2. The van der Waals surface area contributed by atoms with Crippen molar-refractivity contribution < 1.29 is 14.3 Å². The molecule has 8 nitrogen and oxygen atoms in total. The van der Waals surface area contributed by atoms with Crippen molar-refractivity contribution in [1.29, 1.82) is 5.26 Å². The minimum atomic E-state index is -0.966. The summed E-state index contributed by atoms with van der Waals surface area (Å²) in [4.78, 5) is 44.9. The van der Waals surface area contributed by atoms with Crippen LogP contribution in [-0.4, -0.2) is 34.2 Å². The van der Waals surface area contributed by atoms with Gasteiger partial charge in [0.2, 0.25) is 5.91 Å². The van der Waals surface area contributed by atoms with Crippen LogP contribution in [-0.2, 0) is 14.3 Å². The predicted octanol–water partition coefficient (Wildman–Crippen LogP) is 3.21. The molecule has 0 fully saturated rings. The number of amides is 1. The Balaban J connectivity index is 1.88. The highest BCUT2D eigenvalue weighted by molar-refractivity contribution is 8.00. The van der Waals surface area contributed by atoms with E-state index in [2.05, 4.69) is 15.3 Å². The second-order valence-electron chi connectivity index (χ2n) is 6.96. The Morgan fingerprint density at radius 3 is 2.36 bits per heavy atom. The first kappa shape index (κ1) is 23.8. The number of aromatic amines is 1. The molecule has 0 aliphatic carbocycles. The summed E-state index contributed by atoms with van der Waals surface area (Å²) in [5, 5.41) is 11.7. The van der Waals surface area contributed by atoms with Crippen LogP contribution in [0.25, 0.3) is 11.3 Å². The lowest BCUT2D eigenvalue weighted by molar-refractivity contribution is -0.145. The minimum absolute atomic E-state index is 0.0992. The molecule has 1 heterocycles. The molecule has 1 aromatic heterocycles. The second-order valence-corrected chi connectivity index (χ2v) is 8.15. The summed E-state index contributed by atoms with van der Waals surface area (Å²) in [5.74, 6) is -0.999. The topological polar surface area (TPSA) is 125 Å². The molecule has 0 bridgehead atoms. The van der Waals surface area contributed by atoms with Gasteiger partial charge < -0.3 is 15.0 Å². The lowest BCUT2D eigenvalue weighted by Crippen LogP contribution is -2.39. The number of benzene rings is 2. The highest BCUT2D eigenvalue weighted by Crippen LogP contribution is 2.26. The first-order valence-electron chi connectivity index (χ1n) is 10.2. The van der Waals surface area contributed by atoms with Crippen molar-refractivity contribution in [3.05, 3.63) is 82.1 Å². The molecule has 9 heteroatoms. The fourth-order valence-corrected chi connectivity index (χ4v) is 4.06. The van der Waals surface area contributed by atoms with Gasteiger partial charge in [0.1, 0.15) is 11.6 Å². The van der Waals surface area contributed by atoms with Gasteiger partial charge in [-0.1, -0.05) is 79.3 Å². The maximum absolute atomic E-state index is 13.0. The summed E-state index contributed by atoms with van der Waals surface area (Å²) in [6.45, 7) is 1.81. The number of methoxy groups -OCH3 is 1. The number of carbonyl (C=O) groups is 2. The van der Waals surface area contributed by atoms with E-state index in [0.29, 0.717) is 17.5 Å². The Bertz CT molecular complexity index is 1220. The number of ether oxygens (including phenoxy) is 1. The smallest absolute Gasteiger partial charge is 0.333 e. The number of aromatic nitrogens is 2. The van der Waals surface area contributed by atoms with Gasteiger partial charge in [0.15, 0.2) is 11.2 Å². The van der Waals surface area contributed by atoms with Crippen molar-refractivity contribution in [1.82, 2.24) is 15.3 Å². The Morgan fingerprint density at radius 2 is 1.79 bits per heavy atom. The number of rotatable bonds is 8. The zero-order chi connectivity index (χ0) is 23.8. The normalized spacial score (nSPS) is 12.3. The van der Waals surface area contributed by atoms with Crippen LogP contribution in [0, 0.1) is 11.3 Å². The number of nitrogens with zero attached hydrogens (tertiary/aromatic N) is 2. The van der Waals surface area contributed by atoms with E-state index < -0.39 is 28.7 Å². The van der Waals surface area contributed by atoms with Crippen molar-refractivity contribution in [2.45, 2.75) is 29.8 Å². The van der Waals surface area contributed by atoms with E-state index in [0.717, 1.165) is 11.8 Å². The fraction of sp³-hybridized carbons (Fsp3) is 0.208. The molecule has 0 saturated carbocycles. The van der Waals surface area contributed by atoms with Gasteiger partial charge in [0.05, 0.1) is 18.1 Å². The van der Waals surface area contributed by atoms with Crippen LogP contribution < -0.4 is 10.9 Å². The highest BCUT2D eigenvalue weighted by atomic mass is 32.2. The van der Waals surface area contributed by atoms with Crippen LogP contribution in [0.2, 0.25) is 0 Å². The fourth-order valence-electron chi connectivity index (χ4n) is 3.15. The molecule has 2 N–H and O–H groups in total. The quantitative estimate of drug-likeness (QED) is 0.299. The Labute approximate surface area is 195 Å². The molecule has 0 radical (unpaired) electrons. The summed E-state index contributed by atoms with van der Waals surface area (Å²) in [6, 6.07) is 18.6. The SMILES string of the molecule is CCC(Sc1nc(-c2ccccc2)c(C#N)c(=O)[nH]1)C(=O)NC(C(=O)OC)c1ccccc1. The zero-order valence-corrected chi connectivity index (χ0v) is 18.9. The molecule has 0 aliphatic heterocycles. The van der Waals surface area contributed by atoms with Gasteiger partial charge in [-0.05, 0) is 12.0 Å². The maximum Gasteiger partial charge on any atom is 0.333 e. The van der Waals surface area contributed by atoms with Crippen molar-refractivity contribution >= 4 is 23.6 Å². The molecule has 0 aliphatic rings. The lowest BCUT2D eigenvalue weighted by atomic mass is 10.1. The Kier molecular flexibility index (Phi) is 8.00. The van der Waals surface area contributed by atoms with Crippen LogP contribution >= 0.6 is 11.8 Å². The Morgan fingerprint density at radius 1 is 1.15 bits per heavy atom. The summed E-state index contributed by atoms with van der Waals surface area (Å²) in [5.41, 5.74) is 0.776. The number of esters is 1. The Hall–Kier alpha value is -3.90. The first-order chi connectivity index (χ1) is 16.0. The number of hydrogen-bond donors (Lipinski definition) is 2. The standard InChI is InChI=1S/C24H22N4O4S/c1-3-18(22(30)26-20(23(31)32-2)16-12-8-5-9-13-16)33-24-27-19(15-10-6-4-7-11-15)17(14-25)21(29)28-24/h4-13,18,20H,3H2,1-2H3,(H,26,30)(H,27,28,29). The highest BCUT2D eigenvalue weighted by Gasteiger charge is 2.28. The largest absolute Gasteiger partial charge is 0.467 e. The number of nitriles is 1. The summed E-state index contributed by atoms with van der Waals surface area (Å²) < 4.78 is 4.85. The number of H-pyrrole nitrogens is 1. The molecular formula is C24H22N4O4S. The monoisotopic (exact) mass is 462 g/mol. The summed E-state index contributed by atoms with van der Waals surface area (Å²) >= 11 is 1.06. The molecule has 33 heavy (non-hydrogen) atoms. The van der Waals surface area contributed by atoms with Gasteiger partial charge in [-0.25, -0.2) is 9.78 Å². The van der Waals surface area contributed by atoms with E-state index in [1.165, 1.54) is 7.11 Å². The second kappa shape index (κ2) is 11.1. The van der Waals surface area contributed by atoms with Gasteiger partial charge in [-0.3, -0.25) is 9.59 Å². The number of carbonyl (C=O) groups excluding carboxylic acids is 2. The zero-order valence-electron chi connectivity index (χ0n) is 18.1. The van der Waals surface area contributed by atoms with Crippen LogP contribution in [0.5, 0.6) is 0 Å². The third-order valence-corrected chi connectivity index (χ3v) is 6.08.